The molecular weight excluding hydrogens is 552 g/mol. The molecular formula is C28H29F6N5O2. The zero-order chi connectivity index (χ0) is 29.5. The van der Waals surface area contributed by atoms with Gasteiger partial charge in [0.15, 0.2) is 0 Å². The SMILES string of the molecule is O=C(Nc1ccc(C(OCCC2CCCCN2)(C(F)(F)F)C(F)(F)F)cc1)c1cccnc1NCc1ccncc1. The van der Waals surface area contributed by atoms with Gasteiger partial charge in [0.1, 0.15) is 5.82 Å². The number of alkyl halides is 6. The normalized spacial score (nSPS) is 16.3. The van der Waals surface area contributed by atoms with Crippen molar-refractivity contribution in [3.8, 4) is 0 Å². The van der Waals surface area contributed by atoms with Crippen LogP contribution in [0.5, 0.6) is 0 Å². The number of rotatable bonds is 10. The minimum Gasteiger partial charge on any atom is -0.365 e. The second-order valence-corrected chi connectivity index (χ2v) is 9.60. The Kier molecular flexibility index (Phi) is 9.49. The molecule has 3 heterocycles. The zero-order valence-corrected chi connectivity index (χ0v) is 21.9. The highest BCUT2D eigenvalue weighted by molar-refractivity contribution is 6.07. The molecule has 0 spiro atoms. The van der Waals surface area contributed by atoms with E-state index in [1.807, 2.05) is 0 Å². The van der Waals surface area contributed by atoms with Crippen molar-refractivity contribution in [3.05, 3.63) is 83.8 Å². The van der Waals surface area contributed by atoms with Gasteiger partial charge < -0.3 is 20.7 Å². The summed E-state index contributed by atoms with van der Waals surface area (Å²) >= 11 is 0. The number of hydrogen-bond donors (Lipinski definition) is 3. The molecule has 0 aliphatic carbocycles. The van der Waals surface area contributed by atoms with Gasteiger partial charge in [-0.2, -0.15) is 26.3 Å². The number of benzene rings is 1. The van der Waals surface area contributed by atoms with Crippen molar-refractivity contribution in [2.45, 2.75) is 56.2 Å². The van der Waals surface area contributed by atoms with Crippen molar-refractivity contribution in [1.82, 2.24) is 15.3 Å². The average Bonchev–Trinajstić information content (AvgIpc) is 2.95. The lowest BCUT2D eigenvalue weighted by molar-refractivity contribution is -0.389. The molecule has 3 aromatic rings. The number of aromatic nitrogens is 2. The number of amides is 1. The number of piperidine rings is 1. The second-order valence-electron chi connectivity index (χ2n) is 9.60. The fourth-order valence-electron chi connectivity index (χ4n) is 4.66. The highest BCUT2D eigenvalue weighted by Crippen LogP contribution is 2.53. The first-order chi connectivity index (χ1) is 19.5. The van der Waals surface area contributed by atoms with Gasteiger partial charge in [0.25, 0.3) is 11.5 Å². The Morgan fingerprint density at radius 1 is 0.951 bits per heavy atom. The lowest BCUT2D eigenvalue weighted by atomic mass is 9.91. The minimum atomic E-state index is -5.79. The van der Waals surface area contributed by atoms with Crippen LogP contribution in [-0.4, -0.2) is 47.4 Å². The van der Waals surface area contributed by atoms with E-state index >= 15 is 0 Å². The van der Waals surface area contributed by atoms with Gasteiger partial charge in [-0.15, -0.1) is 0 Å². The molecule has 2 aromatic heterocycles. The van der Waals surface area contributed by atoms with E-state index in [0.717, 1.165) is 30.5 Å². The third-order valence-electron chi connectivity index (χ3n) is 6.81. The Morgan fingerprint density at radius 2 is 1.66 bits per heavy atom. The standard InChI is InChI=1S/C28H29F6N5O2/c29-27(30,31)26(28(32,33)34,41-17-12-21-4-1-2-13-36-21)20-6-8-22(9-7-20)39-25(40)23-5-3-14-37-24(23)38-18-19-10-15-35-16-11-19/h3,5-11,14-16,21,36H,1-2,4,12-13,17-18H2,(H,37,38)(H,39,40). The van der Waals surface area contributed by atoms with Gasteiger partial charge in [0, 0.05) is 42.4 Å². The Hall–Kier alpha value is -3.71. The number of pyridine rings is 2. The lowest BCUT2D eigenvalue weighted by Gasteiger charge is -2.38. The van der Waals surface area contributed by atoms with Crippen LogP contribution < -0.4 is 16.0 Å². The van der Waals surface area contributed by atoms with E-state index in [-0.39, 0.29) is 29.5 Å². The molecule has 1 saturated heterocycles. The summed E-state index contributed by atoms with van der Waals surface area (Å²) in [6.45, 7) is 0.247. The van der Waals surface area contributed by atoms with E-state index in [0.29, 0.717) is 31.6 Å². The van der Waals surface area contributed by atoms with E-state index in [1.54, 1.807) is 24.5 Å². The molecule has 1 aliphatic rings. The van der Waals surface area contributed by atoms with E-state index in [2.05, 4.69) is 25.9 Å². The fraction of sp³-hybridized carbons (Fsp3) is 0.393. The number of halogens is 6. The monoisotopic (exact) mass is 581 g/mol. The van der Waals surface area contributed by atoms with Gasteiger partial charge in [-0.05, 0) is 67.8 Å². The topological polar surface area (TPSA) is 88.2 Å². The highest BCUT2D eigenvalue weighted by atomic mass is 19.4. The fourth-order valence-corrected chi connectivity index (χ4v) is 4.66. The van der Waals surface area contributed by atoms with Gasteiger partial charge in [0.2, 0.25) is 0 Å². The van der Waals surface area contributed by atoms with Crippen LogP contribution in [0.1, 0.15) is 47.2 Å². The maximum Gasteiger partial charge on any atom is 0.430 e. The molecule has 41 heavy (non-hydrogen) atoms. The molecule has 1 fully saturated rings. The highest BCUT2D eigenvalue weighted by Gasteiger charge is 2.73. The molecule has 0 radical (unpaired) electrons. The van der Waals surface area contributed by atoms with E-state index in [1.165, 1.54) is 18.3 Å². The Balaban J connectivity index is 1.50. The number of ether oxygens (including phenoxy) is 1. The minimum absolute atomic E-state index is 0.00465. The van der Waals surface area contributed by atoms with Crippen LogP contribution in [0.2, 0.25) is 0 Å². The summed E-state index contributed by atoms with van der Waals surface area (Å²) in [6.07, 6.45) is -4.49. The van der Waals surface area contributed by atoms with Gasteiger partial charge >= 0.3 is 12.4 Å². The van der Waals surface area contributed by atoms with Crippen molar-refractivity contribution >= 4 is 17.4 Å². The maximum atomic E-state index is 14.1. The summed E-state index contributed by atoms with van der Waals surface area (Å²) in [5.74, 6) is -0.412. The summed E-state index contributed by atoms with van der Waals surface area (Å²) in [7, 11) is 0. The molecule has 7 nitrogen and oxygen atoms in total. The molecule has 3 N–H and O–H groups in total. The molecule has 0 saturated carbocycles. The molecule has 1 aliphatic heterocycles. The number of hydrogen-bond acceptors (Lipinski definition) is 6. The second kappa shape index (κ2) is 12.9. The smallest absolute Gasteiger partial charge is 0.365 e. The molecule has 220 valence electrons. The lowest BCUT2D eigenvalue weighted by Crippen LogP contribution is -2.56. The maximum absolute atomic E-state index is 14.1. The van der Waals surface area contributed by atoms with Crippen LogP contribution in [0, 0.1) is 0 Å². The van der Waals surface area contributed by atoms with Gasteiger partial charge in [-0.25, -0.2) is 4.98 Å². The van der Waals surface area contributed by atoms with Gasteiger partial charge in [-0.1, -0.05) is 18.6 Å². The summed E-state index contributed by atoms with van der Waals surface area (Å²) < 4.78 is 89.6. The quantitative estimate of drug-likeness (QED) is 0.247. The predicted molar refractivity (Wildman–Crippen MR) is 140 cm³/mol. The molecule has 1 atom stereocenters. The summed E-state index contributed by atoms with van der Waals surface area (Å²) in [4.78, 5) is 21.0. The molecule has 1 aromatic carbocycles. The first-order valence-corrected chi connectivity index (χ1v) is 13.0. The van der Waals surface area contributed by atoms with Crippen LogP contribution in [0.3, 0.4) is 0 Å². The summed E-state index contributed by atoms with van der Waals surface area (Å²) in [5.41, 5.74) is -4.65. The number of carbonyl (C=O) groups is 1. The van der Waals surface area contributed by atoms with Crippen LogP contribution in [0.15, 0.2) is 67.1 Å². The third-order valence-corrected chi connectivity index (χ3v) is 6.81. The Labute approximate surface area is 232 Å². The predicted octanol–water partition coefficient (Wildman–Crippen LogP) is 6.21. The Bertz CT molecular complexity index is 1270. The van der Waals surface area contributed by atoms with Crippen molar-refractivity contribution in [1.29, 1.82) is 0 Å². The van der Waals surface area contributed by atoms with Gasteiger partial charge in [0.05, 0.1) is 12.2 Å². The summed E-state index contributed by atoms with van der Waals surface area (Å²) in [6, 6.07) is 9.64. The molecule has 13 heteroatoms. The van der Waals surface area contributed by atoms with Gasteiger partial charge in [-0.3, -0.25) is 9.78 Å². The molecule has 1 amide bonds. The molecule has 4 rings (SSSR count). The number of carbonyl (C=O) groups excluding carboxylic acids is 1. The number of nitrogens with one attached hydrogen (secondary N) is 3. The zero-order valence-electron chi connectivity index (χ0n) is 21.9. The van der Waals surface area contributed by atoms with E-state index in [4.69, 9.17) is 4.74 Å². The van der Waals surface area contributed by atoms with Crippen molar-refractivity contribution in [2.75, 3.05) is 23.8 Å². The van der Waals surface area contributed by atoms with Crippen molar-refractivity contribution in [3.63, 3.8) is 0 Å². The molecule has 1 unspecified atom stereocenters. The van der Waals surface area contributed by atoms with Crippen LogP contribution in [0.4, 0.5) is 37.8 Å². The van der Waals surface area contributed by atoms with Crippen LogP contribution in [-0.2, 0) is 16.9 Å². The van der Waals surface area contributed by atoms with Crippen molar-refractivity contribution in [2.24, 2.45) is 0 Å². The van der Waals surface area contributed by atoms with Crippen LogP contribution >= 0.6 is 0 Å². The largest absolute Gasteiger partial charge is 0.430 e. The van der Waals surface area contributed by atoms with Crippen LogP contribution in [0.25, 0.3) is 0 Å². The number of nitrogens with zero attached hydrogens (tertiary/aromatic N) is 2. The molecule has 0 bridgehead atoms. The number of anilines is 2. The third kappa shape index (κ3) is 7.14. The average molecular weight is 582 g/mol. The summed E-state index contributed by atoms with van der Waals surface area (Å²) in [5, 5.41) is 8.62. The van der Waals surface area contributed by atoms with E-state index < -0.39 is 36.0 Å². The first-order valence-electron chi connectivity index (χ1n) is 13.0. The van der Waals surface area contributed by atoms with Crippen molar-refractivity contribution < 1.29 is 35.9 Å². The Morgan fingerprint density at radius 3 is 2.29 bits per heavy atom. The first kappa shape index (κ1) is 30.3. The van der Waals surface area contributed by atoms with E-state index in [9.17, 15) is 31.1 Å².